The third-order valence-corrected chi connectivity index (χ3v) is 1.78. The fourth-order valence-corrected chi connectivity index (χ4v) is 1.12. The second kappa shape index (κ2) is 7.14. The lowest BCUT2D eigenvalue weighted by molar-refractivity contribution is -0.146. The van der Waals surface area contributed by atoms with Crippen LogP contribution in [-0.4, -0.2) is 12.1 Å². The van der Waals surface area contributed by atoms with E-state index in [2.05, 4.69) is 13.8 Å². The van der Waals surface area contributed by atoms with E-state index >= 15 is 0 Å². The summed E-state index contributed by atoms with van der Waals surface area (Å²) in [4.78, 5) is 10.6. The molecule has 0 amide bonds. The third-order valence-electron chi connectivity index (χ3n) is 1.78. The standard InChI is InChI=1S/C10H19O2/c1-4-6-7-8-10(5-2)12-9(3)11/h10H,2,4-8H2,1,3H3. The summed E-state index contributed by atoms with van der Waals surface area (Å²) in [5, 5.41) is 0. The Kier molecular flexibility index (Phi) is 6.82. The van der Waals surface area contributed by atoms with E-state index in [9.17, 15) is 4.79 Å². The average molecular weight is 171 g/mol. The number of hydrogen-bond donors (Lipinski definition) is 0. The Morgan fingerprint density at radius 3 is 2.58 bits per heavy atom. The fraction of sp³-hybridized carbons (Fsp3) is 0.800. The second-order valence-corrected chi connectivity index (χ2v) is 3.02. The first kappa shape index (κ1) is 11.5. The molecule has 0 bridgehead atoms. The Bertz CT molecular complexity index is 121. The maximum atomic E-state index is 10.6. The molecule has 0 aliphatic heterocycles. The largest absolute Gasteiger partial charge is 0.463 e. The molecule has 0 spiro atoms. The fourth-order valence-electron chi connectivity index (χ4n) is 1.12. The van der Waals surface area contributed by atoms with Crippen LogP contribution in [0, 0.1) is 6.92 Å². The monoisotopic (exact) mass is 171 g/mol. The zero-order valence-corrected chi connectivity index (χ0v) is 8.14. The summed E-state index contributed by atoms with van der Waals surface area (Å²) in [5.41, 5.74) is 0. The van der Waals surface area contributed by atoms with Gasteiger partial charge >= 0.3 is 5.97 Å². The van der Waals surface area contributed by atoms with Gasteiger partial charge < -0.3 is 4.74 Å². The van der Waals surface area contributed by atoms with Gasteiger partial charge in [-0.2, -0.15) is 0 Å². The molecule has 12 heavy (non-hydrogen) atoms. The van der Waals surface area contributed by atoms with Gasteiger partial charge in [0.05, 0.1) is 0 Å². The number of ether oxygens (including phenoxy) is 1. The molecule has 1 unspecified atom stereocenters. The van der Waals surface area contributed by atoms with E-state index in [1.165, 1.54) is 19.8 Å². The molecule has 0 rings (SSSR count). The summed E-state index contributed by atoms with van der Waals surface area (Å²) in [6.07, 6.45) is 5.21. The molecule has 0 heterocycles. The predicted octanol–water partition coefficient (Wildman–Crippen LogP) is 2.72. The van der Waals surface area contributed by atoms with E-state index in [0.717, 1.165) is 12.8 Å². The van der Waals surface area contributed by atoms with Gasteiger partial charge in [-0.1, -0.05) is 19.8 Å². The van der Waals surface area contributed by atoms with Crippen molar-refractivity contribution in [2.24, 2.45) is 0 Å². The molecule has 0 aromatic rings. The summed E-state index contributed by atoms with van der Waals surface area (Å²) in [7, 11) is 0. The normalized spacial score (nSPS) is 12.6. The van der Waals surface area contributed by atoms with E-state index in [-0.39, 0.29) is 12.1 Å². The lowest BCUT2D eigenvalue weighted by atomic mass is 10.1. The molecule has 1 atom stereocenters. The quantitative estimate of drug-likeness (QED) is 0.453. The number of unbranched alkanes of at least 4 members (excludes halogenated alkanes) is 2. The molecule has 0 aromatic heterocycles. The van der Waals surface area contributed by atoms with Gasteiger partial charge in [-0.05, 0) is 26.2 Å². The minimum atomic E-state index is -0.194. The van der Waals surface area contributed by atoms with Gasteiger partial charge in [-0.15, -0.1) is 0 Å². The molecular weight excluding hydrogens is 152 g/mol. The van der Waals surface area contributed by atoms with Crippen LogP contribution >= 0.6 is 0 Å². The van der Waals surface area contributed by atoms with Crippen LogP contribution in [-0.2, 0) is 9.53 Å². The molecule has 71 valence electrons. The van der Waals surface area contributed by atoms with Gasteiger partial charge in [0.25, 0.3) is 0 Å². The average Bonchev–Trinajstić information content (AvgIpc) is 2.02. The number of rotatable bonds is 6. The van der Waals surface area contributed by atoms with E-state index in [1.807, 2.05) is 0 Å². The summed E-state index contributed by atoms with van der Waals surface area (Å²) in [5.74, 6) is -0.194. The van der Waals surface area contributed by atoms with Crippen molar-refractivity contribution in [3.63, 3.8) is 0 Å². The van der Waals surface area contributed by atoms with Crippen LogP contribution in [0.5, 0.6) is 0 Å². The van der Waals surface area contributed by atoms with Crippen molar-refractivity contribution in [3.8, 4) is 0 Å². The van der Waals surface area contributed by atoms with Crippen LogP contribution in [0.2, 0.25) is 0 Å². The van der Waals surface area contributed by atoms with Gasteiger partial charge in [-0.25, -0.2) is 0 Å². The Labute approximate surface area is 75.3 Å². The first-order valence-electron chi connectivity index (χ1n) is 4.67. The number of carbonyl (C=O) groups excluding carboxylic acids is 1. The van der Waals surface area contributed by atoms with Gasteiger partial charge in [0.1, 0.15) is 6.10 Å². The Balaban J connectivity index is 3.46. The van der Waals surface area contributed by atoms with Crippen molar-refractivity contribution < 1.29 is 9.53 Å². The molecule has 1 radical (unpaired) electrons. The maximum Gasteiger partial charge on any atom is 0.302 e. The smallest absolute Gasteiger partial charge is 0.302 e. The van der Waals surface area contributed by atoms with Gasteiger partial charge in [0, 0.05) is 6.92 Å². The van der Waals surface area contributed by atoms with Gasteiger partial charge in [-0.3, -0.25) is 4.79 Å². The van der Waals surface area contributed by atoms with Crippen molar-refractivity contribution in [3.05, 3.63) is 6.92 Å². The van der Waals surface area contributed by atoms with E-state index in [4.69, 9.17) is 4.74 Å². The van der Waals surface area contributed by atoms with Crippen LogP contribution < -0.4 is 0 Å². The summed E-state index contributed by atoms with van der Waals surface area (Å²) >= 11 is 0. The van der Waals surface area contributed by atoms with Crippen LogP contribution in [0.4, 0.5) is 0 Å². The lowest BCUT2D eigenvalue weighted by Crippen LogP contribution is -2.15. The zero-order valence-electron chi connectivity index (χ0n) is 8.14. The molecular formula is C10H19O2. The summed E-state index contributed by atoms with van der Waals surface area (Å²) in [6.45, 7) is 7.35. The van der Waals surface area contributed by atoms with Crippen molar-refractivity contribution in [2.45, 2.75) is 52.1 Å². The number of hydrogen-bond acceptors (Lipinski definition) is 2. The molecule has 0 aliphatic carbocycles. The molecule has 2 nitrogen and oxygen atoms in total. The maximum absolute atomic E-state index is 10.6. The first-order chi connectivity index (χ1) is 5.70. The van der Waals surface area contributed by atoms with Crippen LogP contribution in [0.15, 0.2) is 0 Å². The highest BCUT2D eigenvalue weighted by Crippen LogP contribution is 2.09. The summed E-state index contributed by atoms with van der Waals surface area (Å²) < 4.78 is 5.04. The molecule has 0 aliphatic rings. The van der Waals surface area contributed by atoms with Crippen LogP contribution in [0.3, 0.4) is 0 Å². The number of esters is 1. The van der Waals surface area contributed by atoms with Gasteiger partial charge in [0.2, 0.25) is 0 Å². The second-order valence-electron chi connectivity index (χ2n) is 3.02. The SMILES string of the molecule is [CH2]CC(CCCCC)OC(C)=O. The first-order valence-corrected chi connectivity index (χ1v) is 4.67. The molecule has 0 saturated heterocycles. The topological polar surface area (TPSA) is 26.3 Å². The van der Waals surface area contributed by atoms with Crippen LogP contribution in [0.1, 0.15) is 46.0 Å². The van der Waals surface area contributed by atoms with Crippen molar-refractivity contribution >= 4 is 5.97 Å². The molecule has 0 aromatic carbocycles. The minimum Gasteiger partial charge on any atom is -0.463 e. The van der Waals surface area contributed by atoms with Gasteiger partial charge in [0.15, 0.2) is 0 Å². The Morgan fingerprint density at radius 2 is 2.17 bits per heavy atom. The third kappa shape index (κ3) is 6.20. The van der Waals surface area contributed by atoms with Crippen LogP contribution in [0.25, 0.3) is 0 Å². The number of carbonyl (C=O) groups is 1. The minimum absolute atomic E-state index is 0.0362. The van der Waals surface area contributed by atoms with Crippen molar-refractivity contribution in [1.29, 1.82) is 0 Å². The highest BCUT2D eigenvalue weighted by Gasteiger charge is 2.07. The van der Waals surface area contributed by atoms with Crippen molar-refractivity contribution in [1.82, 2.24) is 0 Å². The van der Waals surface area contributed by atoms with E-state index in [1.54, 1.807) is 0 Å². The van der Waals surface area contributed by atoms with E-state index in [0.29, 0.717) is 6.42 Å². The van der Waals surface area contributed by atoms with E-state index < -0.39 is 0 Å². The lowest BCUT2D eigenvalue weighted by Gasteiger charge is -2.14. The zero-order chi connectivity index (χ0) is 9.40. The summed E-state index contributed by atoms with van der Waals surface area (Å²) in [6, 6.07) is 0. The highest BCUT2D eigenvalue weighted by atomic mass is 16.5. The van der Waals surface area contributed by atoms with Crippen molar-refractivity contribution in [2.75, 3.05) is 0 Å². The molecule has 0 N–H and O–H groups in total. The molecule has 2 heteroatoms. The molecule has 0 fully saturated rings. The molecule has 0 saturated carbocycles. The Morgan fingerprint density at radius 1 is 1.50 bits per heavy atom. The highest BCUT2D eigenvalue weighted by molar-refractivity contribution is 5.66. The Hall–Kier alpha value is -0.530. The predicted molar refractivity (Wildman–Crippen MR) is 49.7 cm³/mol.